The van der Waals surface area contributed by atoms with Crippen molar-refractivity contribution in [3.05, 3.63) is 29.3 Å². The molecule has 2 amide bonds. The highest BCUT2D eigenvalue weighted by atomic mass is 16.5. The van der Waals surface area contributed by atoms with Gasteiger partial charge in [-0.25, -0.2) is 4.79 Å². The smallest absolute Gasteiger partial charge is 0.317 e. The third-order valence-corrected chi connectivity index (χ3v) is 3.22. The Morgan fingerprint density at radius 2 is 2.32 bits per heavy atom. The predicted octanol–water partition coefficient (Wildman–Crippen LogP) is 1.42. The van der Waals surface area contributed by atoms with Gasteiger partial charge >= 0.3 is 6.03 Å². The monoisotopic (exact) mass is 263 g/mol. The first-order valence-corrected chi connectivity index (χ1v) is 6.59. The van der Waals surface area contributed by atoms with Crippen LogP contribution in [0.4, 0.5) is 4.79 Å². The van der Waals surface area contributed by atoms with Crippen LogP contribution in [0.3, 0.4) is 0 Å². The van der Waals surface area contributed by atoms with Gasteiger partial charge < -0.3 is 20.7 Å². The number of nitrogens with one attached hydrogen (secondary N) is 1. The first-order chi connectivity index (χ1) is 9.08. The molecule has 5 nitrogen and oxygen atoms in total. The zero-order valence-corrected chi connectivity index (χ0v) is 11.5. The van der Waals surface area contributed by atoms with Gasteiger partial charge in [0, 0.05) is 24.7 Å². The summed E-state index contributed by atoms with van der Waals surface area (Å²) in [6.07, 6.45) is 0. The maximum absolute atomic E-state index is 11.4. The van der Waals surface area contributed by atoms with E-state index in [1.807, 2.05) is 32.0 Å². The molecule has 0 aromatic heterocycles. The number of benzene rings is 1. The molecular weight excluding hydrogens is 242 g/mol. The van der Waals surface area contributed by atoms with Crippen LogP contribution in [0.2, 0.25) is 0 Å². The fraction of sp³-hybridized carbons (Fsp3) is 0.500. The van der Waals surface area contributed by atoms with Crippen molar-refractivity contribution in [1.29, 1.82) is 0 Å². The van der Waals surface area contributed by atoms with Crippen LogP contribution in [-0.4, -0.2) is 37.2 Å². The van der Waals surface area contributed by atoms with E-state index in [1.54, 1.807) is 4.90 Å². The number of hydrogen-bond donors (Lipinski definition) is 2. The largest absolute Gasteiger partial charge is 0.491 e. The Hall–Kier alpha value is -1.75. The van der Waals surface area contributed by atoms with Gasteiger partial charge in [-0.1, -0.05) is 12.1 Å². The average Bonchev–Trinajstić information content (AvgIpc) is 2.75. The van der Waals surface area contributed by atoms with Crippen LogP contribution in [0.5, 0.6) is 5.75 Å². The molecule has 19 heavy (non-hydrogen) atoms. The van der Waals surface area contributed by atoms with E-state index in [0.29, 0.717) is 19.7 Å². The normalized spacial score (nSPS) is 16.4. The molecule has 1 aromatic rings. The quantitative estimate of drug-likeness (QED) is 0.844. The van der Waals surface area contributed by atoms with Crippen molar-refractivity contribution < 1.29 is 9.53 Å². The molecule has 1 aromatic carbocycles. The topological polar surface area (TPSA) is 67.6 Å². The SMILES string of the molecule is Cc1ccc([C@@H](C)N)c(OCCN2CCNC2=O)c1. The lowest BCUT2D eigenvalue weighted by Gasteiger charge is -2.17. The van der Waals surface area contributed by atoms with Crippen LogP contribution in [0.25, 0.3) is 0 Å². The van der Waals surface area contributed by atoms with Crippen LogP contribution in [-0.2, 0) is 0 Å². The predicted molar refractivity (Wildman–Crippen MR) is 74.2 cm³/mol. The van der Waals surface area contributed by atoms with E-state index in [9.17, 15) is 4.79 Å². The van der Waals surface area contributed by atoms with E-state index < -0.39 is 0 Å². The molecule has 0 radical (unpaired) electrons. The number of ether oxygens (including phenoxy) is 1. The van der Waals surface area contributed by atoms with E-state index in [0.717, 1.165) is 23.4 Å². The van der Waals surface area contributed by atoms with Crippen molar-refractivity contribution in [2.24, 2.45) is 5.73 Å². The molecule has 104 valence electrons. The zero-order valence-electron chi connectivity index (χ0n) is 11.5. The number of hydrogen-bond acceptors (Lipinski definition) is 3. The summed E-state index contributed by atoms with van der Waals surface area (Å²) < 4.78 is 5.79. The summed E-state index contributed by atoms with van der Waals surface area (Å²) in [6.45, 7) is 6.50. The fourth-order valence-corrected chi connectivity index (χ4v) is 2.13. The van der Waals surface area contributed by atoms with Crippen molar-refractivity contribution in [2.75, 3.05) is 26.2 Å². The maximum Gasteiger partial charge on any atom is 0.317 e. The van der Waals surface area contributed by atoms with Crippen LogP contribution < -0.4 is 15.8 Å². The Balaban J connectivity index is 1.95. The number of nitrogens with two attached hydrogens (primary N) is 1. The second-order valence-corrected chi connectivity index (χ2v) is 4.90. The summed E-state index contributed by atoms with van der Waals surface area (Å²) in [5.74, 6) is 0.814. The van der Waals surface area contributed by atoms with Gasteiger partial charge in [0.05, 0.1) is 6.54 Å². The van der Waals surface area contributed by atoms with Crippen molar-refractivity contribution in [1.82, 2.24) is 10.2 Å². The maximum atomic E-state index is 11.4. The molecule has 2 rings (SSSR count). The number of aryl methyl sites for hydroxylation is 1. The summed E-state index contributed by atoms with van der Waals surface area (Å²) in [6, 6.07) is 5.94. The Morgan fingerprint density at radius 1 is 1.53 bits per heavy atom. The molecule has 1 saturated heterocycles. The van der Waals surface area contributed by atoms with Gasteiger partial charge in [0.15, 0.2) is 0 Å². The molecule has 0 bridgehead atoms. The minimum Gasteiger partial charge on any atom is -0.491 e. The zero-order chi connectivity index (χ0) is 13.8. The Labute approximate surface area is 113 Å². The average molecular weight is 263 g/mol. The summed E-state index contributed by atoms with van der Waals surface area (Å²) in [4.78, 5) is 13.1. The third-order valence-electron chi connectivity index (χ3n) is 3.22. The highest BCUT2D eigenvalue weighted by Gasteiger charge is 2.19. The summed E-state index contributed by atoms with van der Waals surface area (Å²) in [5.41, 5.74) is 8.06. The molecule has 0 saturated carbocycles. The number of urea groups is 1. The number of nitrogens with zero attached hydrogens (tertiary/aromatic N) is 1. The van der Waals surface area contributed by atoms with Crippen LogP contribution in [0, 0.1) is 6.92 Å². The second kappa shape index (κ2) is 5.93. The Kier molecular flexibility index (Phi) is 4.27. The second-order valence-electron chi connectivity index (χ2n) is 4.90. The minimum atomic E-state index is -0.0642. The lowest BCUT2D eigenvalue weighted by atomic mass is 10.1. The first kappa shape index (κ1) is 13.7. The molecule has 3 N–H and O–H groups in total. The van der Waals surface area contributed by atoms with Gasteiger partial charge in [-0.15, -0.1) is 0 Å². The molecule has 1 fully saturated rings. The standard InChI is InChI=1S/C14H21N3O2/c1-10-3-4-12(11(2)15)13(9-10)19-8-7-17-6-5-16-14(17)18/h3-4,9,11H,5-8,15H2,1-2H3,(H,16,18)/t11-/m1/s1. The van der Waals surface area contributed by atoms with Gasteiger partial charge in [-0.05, 0) is 25.5 Å². The molecule has 5 heteroatoms. The van der Waals surface area contributed by atoms with Crippen molar-refractivity contribution >= 4 is 6.03 Å². The van der Waals surface area contributed by atoms with Gasteiger partial charge in [0.2, 0.25) is 0 Å². The van der Waals surface area contributed by atoms with Gasteiger partial charge in [0.1, 0.15) is 12.4 Å². The van der Waals surface area contributed by atoms with Crippen LogP contribution in [0.15, 0.2) is 18.2 Å². The van der Waals surface area contributed by atoms with Gasteiger partial charge in [-0.2, -0.15) is 0 Å². The van der Waals surface area contributed by atoms with Crippen LogP contribution in [0.1, 0.15) is 24.1 Å². The number of rotatable bonds is 5. The van der Waals surface area contributed by atoms with Crippen molar-refractivity contribution in [3.63, 3.8) is 0 Å². The molecular formula is C14H21N3O2. The summed E-state index contributed by atoms with van der Waals surface area (Å²) in [7, 11) is 0. The Bertz CT molecular complexity index is 460. The molecule has 0 spiro atoms. The molecule has 1 aliphatic heterocycles. The lowest BCUT2D eigenvalue weighted by Crippen LogP contribution is -2.32. The van der Waals surface area contributed by atoms with Crippen molar-refractivity contribution in [3.8, 4) is 5.75 Å². The van der Waals surface area contributed by atoms with Gasteiger partial charge in [-0.3, -0.25) is 0 Å². The fourth-order valence-electron chi connectivity index (χ4n) is 2.13. The molecule has 1 aliphatic rings. The van der Waals surface area contributed by atoms with E-state index >= 15 is 0 Å². The Morgan fingerprint density at radius 3 is 2.95 bits per heavy atom. The van der Waals surface area contributed by atoms with E-state index in [2.05, 4.69) is 5.32 Å². The van der Waals surface area contributed by atoms with Crippen molar-refractivity contribution in [2.45, 2.75) is 19.9 Å². The van der Waals surface area contributed by atoms with E-state index in [1.165, 1.54) is 0 Å². The lowest BCUT2D eigenvalue weighted by molar-refractivity contribution is 0.202. The van der Waals surface area contributed by atoms with E-state index in [-0.39, 0.29) is 12.1 Å². The molecule has 1 heterocycles. The molecule has 1 atom stereocenters. The highest BCUT2D eigenvalue weighted by Crippen LogP contribution is 2.25. The summed E-state index contributed by atoms with van der Waals surface area (Å²) >= 11 is 0. The van der Waals surface area contributed by atoms with Gasteiger partial charge in [0.25, 0.3) is 0 Å². The summed E-state index contributed by atoms with van der Waals surface area (Å²) in [5, 5.41) is 2.77. The van der Waals surface area contributed by atoms with E-state index in [4.69, 9.17) is 10.5 Å². The first-order valence-electron chi connectivity index (χ1n) is 6.59. The molecule has 0 unspecified atom stereocenters. The number of carbonyl (C=O) groups is 1. The minimum absolute atomic E-state index is 0.0136. The van der Waals surface area contributed by atoms with Crippen LogP contribution >= 0.6 is 0 Å². The number of carbonyl (C=O) groups excluding carboxylic acids is 1. The third kappa shape index (κ3) is 3.38. The highest BCUT2D eigenvalue weighted by molar-refractivity contribution is 5.76. The number of amides is 2. The molecule has 0 aliphatic carbocycles.